The maximum absolute atomic E-state index is 9.99. The van der Waals surface area contributed by atoms with Gasteiger partial charge in [0.05, 0.1) is 11.8 Å². The van der Waals surface area contributed by atoms with Gasteiger partial charge in [0.1, 0.15) is 10.9 Å². The molecule has 18 heavy (non-hydrogen) atoms. The van der Waals surface area contributed by atoms with Crippen LogP contribution in [0.1, 0.15) is 23.4 Å². The summed E-state index contributed by atoms with van der Waals surface area (Å²) in [5.74, 6) is 0.691. The molecule has 3 rings (SSSR count). The first kappa shape index (κ1) is 11.8. The lowest BCUT2D eigenvalue weighted by molar-refractivity contribution is 0.185. The van der Waals surface area contributed by atoms with Crippen molar-refractivity contribution < 1.29 is 5.11 Å². The zero-order valence-corrected chi connectivity index (χ0v) is 11.5. The summed E-state index contributed by atoms with van der Waals surface area (Å²) < 4.78 is 0. The van der Waals surface area contributed by atoms with Gasteiger partial charge in [0.15, 0.2) is 0 Å². The summed E-state index contributed by atoms with van der Waals surface area (Å²) in [6.07, 6.45) is 1.98. The molecule has 4 nitrogen and oxygen atoms in total. The Kier molecular flexibility index (Phi) is 2.69. The Morgan fingerprint density at radius 1 is 1.50 bits per heavy atom. The van der Waals surface area contributed by atoms with Crippen LogP contribution in [0.5, 0.6) is 0 Å². The first-order valence-corrected chi connectivity index (χ1v) is 6.80. The molecule has 2 aliphatic rings. The summed E-state index contributed by atoms with van der Waals surface area (Å²) in [5.41, 5.74) is 5.00. The van der Waals surface area contributed by atoms with Crippen molar-refractivity contribution in [1.29, 1.82) is 0 Å². The molecular formula is C12H12ClN3OS. The topological polar surface area (TPSA) is 47.9 Å². The van der Waals surface area contributed by atoms with Gasteiger partial charge in [-0.3, -0.25) is 0 Å². The highest BCUT2D eigenvalue weighted by atomic mass is 35.5. The quantitative estimate of drug-likeness (QED) is 0.831. The van der Waals surface area contributed by atoms with Crippen LogP contribution in [0.4, 0.5) is 0 Å². The van der Waals surface area contributed by atoms with Crippen LogP contribution < -0.4 is 5.43 Å². The number of halogens is 1. The molecular weight excluding hydrogens is 270 g/mol. The molecule has 1 unspecified atom stereocenters. The van der Waals surface area contributed by atoms with Gasteiger partial charge in [-0.15, -0.1) is 11.3 Å². The van der Waals surface area contributed by atoms with Crippen molar-refractivity contribution in [2.24, 2.45) is 4.99 Å². The Hall–Kier alpha value is -1.30. The van der Waals surface area contributed by atoms with E-state index in [1.165, 1.54) is 15.4 Å². The summed E-state index contributed by atoms with van der Waals surface area (Å²) in [7, 11) is 0. The molecule has 2 N–H and O–H groups in total. The van der Waals surface area contributed by atoms with E-state index in [2.05, 4.69) is 28.8 Å². The third kappa shape index (κ3) is 1.67. The normalized spacial score (nSPS) is 23.1. The minimum absolute atomic E-state index is 0.00537. The Morgan fingerprint density at radius 2 is 2.28 bits per heavy atom. The summed E-state index contributed by atoms with van der Waals surface area (Å²) >= 11 is 7.68. The van der Waals surface area contributed by atoms with E-state index in [9.17, 15) is 5.11 Å². The van der Waals surface area contributed by atoms with Crippen molar-refractivity contribution in [2.45, 2.75) is 19.9 Å². The number of rotatable bonds is 1. The average molecular weight is 282 g/mol. The van der Waals surface area contributed by atoms with Crippen LogP contribution in [0.3, 0.4) is 0 Å². The highest BCUT2D eigenvalue weighted by Crippen LogP contribution is 2.34. The van der Waals surface area contributed by atoms with Crippen LogP contribution >= 0.6 is 22.9 Å². The number of aliphatic hydroxyl groups is 1. The minimum atomic E-state index is 0.00537. The molecule has 0 fully saturated rings. The van der Waals surface area contributed by atoms with Crippen molar-refractivity contribution >= 4 is 28.6 Å². The highest BCUT2D eigenvalue weighted by Gasteiger charge is 2.32. The van der Waals surface area contributed by atoms with Gasteiger partial charge in [-0.05, 0) is 36.9 Å². The van der Waals surface area contributed by atoms with Gasteiger partial charge in [-0.25, -0.2) is 15.4 Å². The number of hydrogen-bond acceptors (Lipinski definition) is 5. The van der Waals surface area contributed by atoms with Crippen molar-refractivity contribution in [3.05, 3.63) is 44.7 Å². The SMILES string of the molecule is CC1=NC2=CC(c3ccsc3C)NN2C(O)=C1Cl. The van der Waals surface area contributed by atoms with E-state index in [0.29, 0.717) is 11.5 Å². The third-order valence-electron chi connectivity index (χ3n) is 3.06. The number of aryl methyl sites for hydroxylation is 1. The lowest BCUT2D eigenvalue weighted by atomic mass is 10.1. The highest BCUT2D eigenvalue weighted by molar-refractivity contribution is 7.10. The minimum Gasteiger partial charge on any atom is -0.492 e. The lowest BCUT2D eigenvalue weighted by Gasteiger charge is -2.24. The first-order chi connectivity index (χ1) is 8.58. The van der Waals surface area contributed by atoms with Gasteiger partial charge in [0.25, 0.3) is 0 Å². The molecule has 0 bridgehead atoms. The molecule has 0 spiro atoms. The Labute approximate surface area is 114 Å². The second-order valence-corrected chi connectivity index (χ2v) is 5.73. The monoisotopic (exact) mass is 281 g/mol. The molecule has 0 radical (unpaired) electrons. The molecule has 0 aliphatic carbocycles. The van der Waals surface area contributed by atoms with Gasteiger partial charge in [-0.1, -0.05) is 11.6 Å². The van der Waals surface area contributed by atoms with Crippen LogP contribution in [0, 0.1) is 6.92 Å². The molecule has 6 heteroatoms. The number of allylic oxidation sites excluding steroid dienone is 1. The van der Waals surface area contributed by atoms with E-state index < -0.39 is 0 Å². The van der Waals surface area contributed by atoms with Crippen molar-refractivity contribution in [3.8, 4) is 0 Å². The fourth-order valence-electron chi connectivity index (χ4n) is 2.08. The van der Waals surface area contributed by atoms with E-state index in [1.54, 1.807) is 18.3 Å². The zero-order valence-electron chi connectivity index (χ0n) is 9.94. The molecule has 1 atom stereocenters. The van der Waals surface area contributed by atoms with Gasteiger partial charge in [0, 0.05) is 4.88 Å². The molecule has 2 aliphatic heterocycles. The Morgan fingerprint density at radius 3 is 2.94 bits per heavy atom. The molecule has 1 aromatic rings. The van der Waals surface area contributed by atoms with Gasteiger partial charge < -0.3 is 5.11 Å². The third-order valence-corrected chi connectivity index (χ3v) is 4.36. The van der Waals surface area contributed by atoms with Crippen molar-refractivity contribution in [3.63, 3.8) is 0 Å². The van der Waals surface area contributed by atoms with Crippen LogP contribution in [0.15, 0.2) is 39.3 Å². The second-order valence-electron chi connectivity index (χ2n) is 4.23. The number of thiophene rings is 1. The Bertz CT molecular complexity index is 602. The number of aliphatic hydroxyl groups excluding tert-OH is 1. The number of hydrazine groups is 1. The number of nitrogens with zero attached hydrogens (tertiary/aromatic N) is 2. The van der Waals surface area contributed by atoms with Gasteiger partial charge in [0.2, 0.25) is 5.88 Å². The van der Waals surface area contributed by atoms with Crippen LogP contribution in [0.25, 0.3) is 0 Å². The average Bonchev–Trinajstić information content (AvgIpc) is 2.92. The number of hydrogen-bond donors (Lipinski definition) is 2. The maximum Gasteiger partial charge on any atom is 0.228 e. The predicted molar refractivity (Wildman–Crippen MR) is 73.5 cm³/mol. The molecule has 94 valence electrons. The summed E-state index contributed by atoms with van der Waals surface area (Å²) in [6, 6.07) is 2.10. The smallest absolute Gasteiger partial charge is 0.228 e. The number of aliphatic imine (C=N–C) groups is 1. The summed E-state index contributed by atoms with van der Waals surface area (Å²) in [4.78, 5) is 5.61. The van der Waals surface area contributed by atoms with Gasteiger partial charge in [-0.2, -0.15) is 0 Å². The van der Waals surface area contributed by atoms with Crippen LogP contribution in [0.2, 0.25) is 0 Å². The standard InChI is InChI=1S/C12H12ClN3OS/c1-6-11(13)12(17)16-10(14-6)5-9(15-16)8-3-4-18-7(8)2/h3-5,9,15,17H,1-2H3. The molecule has 0 aromatic carbocycles. The summed E-state index contributed by atoms with van der Waals surface area (Å²) in [6.45, 7) is 3.86. The first-order valence-electron chi connectivity index (χ1n) is 5.54. The molecule has 0 saturated carbocycles. The van der Waals surface area contributed by atoms with E-state index in [4.69, 9.17) is 11.6 Å². The zero-order chi connectivity index (χ0) is 12.9. The molecule has 0 saturated heterocycles. The van der Waals surface area contributed by atoms with Crippen LogP contribution in [-0.2, 0) is 0 Å². The molecule has 0 amide bonds. The maximum atomic E-state index is 9.99. The fourth-order valence-corrected chi connectivity index (χ4v) is 2.96. The van der Waals surface area contributed by atoms with E-state index >= 15 is 0 Å². The Balaban J connectivity index is 1.99. The van der Waals surface area contributed by atoms with E-state index in [-0.39, 0.29) is 17.0 Å². The summed E-state index contributed by atoms with van der Waals surface area (Å²) in [5, 5.41) is 13.9. The number of fused-ring (bicyclic) bond motifs is 1. The molecule has 1 aromatic heterocycles. The van der Waals surface area contributed by atoms with E-state index in [0.717, 1.165) is 0 Å². The molecule has 3 heterocycles. The van der Waals surface area contributed by atoms with Crippen LogP contribution in [-0.4, -0.2) is 15.8 Å². The van der Waals surface area contributed by atoms with Crippen molar-refractivity contribution in [1.82, 2.24) is 10.4 Å². The largest absolute Gasteiger partial charge is 0.492 e. The van der Waals surface area contributed by atoms with E-state index in [1.807, 2.05) is 6.08 Å². The lowest BCUT2D eigenvalue weighted by Crippen LogP contribution is -2.35. The second kappa shape index (κ2) is 4.12. The van der Waals surface area contributed by atoms with Gasteiger partial charge >= 0.3 is 0 Å². The fraction of sp³-hybridized carbons (Fsp3) is 0.250. The number of nitrogens with one attached hydrogen (secondary N) is 1. The predicted octanol–water partition coefficient (Wildman–Crippen LogP) is 3.20. The van der Waals surface area contributed by atoms with Crippen molar-refractivity contribution in [2.75, 3.05) is 0 Å².